The van der Waals surface area contributed by atoms with E-state index in [0.717, 1.165) is 43.9 Å². The van der Waals surface area contributed by atoms with Crippen LogP contribution in [0.4, 0.5) is 5.69 Å². The molecule has 5 heteroatoms. The van der Waals surface area contributed by atoms with Crippen molar-refractivity contribution in [1.82, 2.24) is 5.32 Å². The van der Waals surface area contributed by atoms with E-state index in [2.05, 4.69) is 17.6 Å². The molecule has 25 heavy (non-hydrogen) atoms. The van der Waals surface area contributed by atoms with Crippen LogP contribution in [0.2, 0.25) is 0 Å². The molecule has 1 aliphatic rings. The second kappa shape index (κ2) is 11.9. The summed E-state index contributed by atoms with van der Waals surface area (Å²) in [5.41, 5.74) is 0.791. The van der Waals surface area contributed by atoms with E-state index in [0.29, 0.717) is 13.2 Å². The third-order valence-electron chi connectivity index (χ3n) is 4.34. The van der Waals surface area contributed by atoms with Gasteiger partial charge in [0.15, 0.2) is 0 Å². The number of ether oxygens (including phenoxy) is 2. The molecule has 1 saturated heterocycles. The lowest BCUT2D eigenvalue weighted by Gasteiger charge is -2.12. The number of anilines is 1. The molecule has 1 heterocycles. The molecule has 1 aromatic rings. The molecule has 1 aliphatic heterocycles. The number of carbonyl (C=O) groups excluding carboxylic acids is 1. The summed E-state index contributed by atoms with van der Waals surface area (Å²) in [6.45, 7) is 4.89. The predicted octanol–water partition coefficient (Wildman–Crippen LogP) is 3.74. The molecule has 0 aliphatic carbocycles. The van der Waals surface area contributed by atoms with Crippen molar-refractivity contribution in [3.8, 4) is 5.75 Å². The highest BCUT2D eigenvalue weighted by Crippen LogP contribution is 2.18. The molecule has 0 spiro atoms. The highest BCUT2D eigenvalue weighted by atomic mass is 16.5. The Morgan fingerprint density at radius 1 is 1.20 bits per heavy atom. The summed E-state index contributed by atoms with van der Waals surface area (Å²) in [4.78, 5) is 11.9. The first-order valence-electron chi connectivity index (χ1n) is 9.63. The van der Waals surface area contributed by atoms with Gasteiger partial charge in [0, 0.05) is 12.3 Å². The van der Waals surface area contributed by atoms with Crippen molar-refractivity contribution in [3.05, 3.63) is 24.3 Å². The second-order valence-electron chi connectivity index (χ2n) is 6.61. The summed E-state index contributed by atoms with van der Waals surface area (Å²) in [6, 6.07) is 7.50. The lowest BCUT2D eigenvalue weighted by atomic mass is 10.1. The topological polar surface area (TPSA) is 59.6 Å². The fourth-order valence-electron chi connectivity index (χ4n) is 2.86. The van der Waals surface area contributed by atoms with E-state index in [9.17, 15) is 4.79 Å². The molecule has 140 valence electrons. The maximum Gasteiger partial charge on any atom is 0.238 e. The first-order chi connectivity index (χ1) is 12.3. The van der Waals surface area contributed by atoms with Crippen LogP contribution >= 0.6 is 0 Å². The van der Waals surface area contributed by atoms with E-state index in [4.69, 9.17) is 9.47 Å². The highest BCUT2D eigenvalue weighted by Gasteiger charge is 2.15. The normalized spacial score (nSPS) is 16.8. The lowest BCUT2D eigenvalue weighted by Crippen LogP contribution is -2.28. The van der Waals surface area contributed by atoms with Crippen molar-refractivity contribution in [2.24, 2.45) is 0 Å². The Hall–Kier alpha value is -1.59. The molecule has 0 radical (unpaired) electrons. The number of rotatable bonds is 12. The van der Waals surface area contributed by atoms with Crippen LogP contribution in [0, 0.1) is 0 Å². The maximum atomic E-state index is 11.9. The number of hydrogen-bond acceptors (Lipinski definition) is 4. The largest absolute Gasteiger partial charge is 0.491 e. The number of benzene rings is 1. The van der Waals surface area contributed by atoms with Gasteiger partial charge in [0.25, 0.3) is 0 Å². The van der Waals surface area contributed by atoms with Crippen LogP contribution in [0.3, 0.4) is 0 Å². The molecule has 0 saturated carbocycles. The Balaban J connectivity index is 1.57. The van der Waals surface area contributed by atoms with Gasteiger partial charge in [-0.2, -0.15) is 0 Å². The van der Waals surface area contributed by atoms with Crippen LogP contribution in [0.25, 0.3) is 0 Å². The van der Waals surface area contributed by atoms with Crippen LogP contribution in [0.15, 0.2) is 24.3 Å². The molecule has 1 amide bonds. The molecular weight excluding hydrogens is 316 g/mol. The summed E-state index contributed by atoms with van der Waals surface area (Å²) in [6.07, 6.45) is 8.60. The third kappa shape index (κ3) is 8.36. The van der Waals surface area contributed by atoms with Crippen LogP contribution in [-0.4, -0.2) is 38.3 Å². The molecule has 0 aromatic heterocycles. The molecule has 5 nitrogen and oxygen atoms in total. The number of unbranched alkanes of at least 4 members (excludes halogenated alkanes) is 4. The van der Waals surface area contributed by atoms with Gasteiger partial charge in [-0.15, -0.1) is 0 Å². The molecule has 2 rings (SSSR count). The standard InChI is InChI=1S/C20H32N2O3/c1-2-3-4-5-6-13-21-15-20(23)22-17-9-11-18(12-10-17)25-16-19-8-7-14-24-19/h9-12,19,21H,2-8,13-16H2,1H3,(H,22,23). The third-order valence-corrected chi connectivity index (χ3v) is 4.34. The first-order valence-corrected chi connectivity index (χ1v) is 9.63. The molecule has 2 N–H and O–H groups in total. The Bertz CT molecular complexity index is 484. The minimum atomic E-state index is -0.0124. The number of nitrogens with one attached hydrogen (secondary N) is 2. The van der Waals surface area contributed by atoms with E-state index < -0.39 is 0 Å². The summed E-state index contributed by atoms with van der Waals surface area (Å²) in [5.74, 6) is 0.792. The monoisotopic (exact) mass is 348 g/mol. The average molecular weight is 348 g/mol. The number of amides is 1. The van der Waals surface area contributed by atoms with Crippen molar-refractivity contribution >= 4 is 11.6 Å². The smallest absolute Gasteiger partial charge is 0.238 e. The van der Waals surface area contributed by atoms with Crippen LogP contribution in [0.1, 0.15) is 51.9 Å². The van der Waals surface area contributed by atoms with E-state index in [1.165, 1.54) is 25.7 Å². The Morgan fingerprint density at radius 2 is 2.00 bits per heavy atom. The number of hydrogen-bond donors (Lipinski definition) is 2. The molecule has 1 atom stereocenters. The summed E-state index contributed by atoms with van der Waals surface area (Å²) >= 11 is 0. The van der Waals surface area contributed by atoms with E-state index >= 15 is 0 Å². The van der Waals surface area contributed by atoms with E-state index in [-0.39, 0.29) is 12.0 Å². The Kier molecular flexibility index (Phi) is 9.37. The van der Waals surface area contributed by atoms with Gasteiger partial charge in [-0.1, -0.05) is 32.6 Å². The van der Waals surface area contributed by atoms with Gasteiger partial charge < -0.3 is 20.1 Å². The predicted molar refractivity (Wildman–Crippen MR) is 101 cm³/mol. The quantitative estimate of drug-likeness (QED) is 0.565. The fraction of sp³-hybridized carbons (Fsp3) is 0.650. The van der Waals surface area contributed by atoms with Gasteiger partial charge in [-0.05, 0) is 50.1 Å². The SMILES string of the molecule is CCCCCCCNCC(=O)Nc1ccc(OCC2CCCO2)cc1. The summed E-state index contributed by atoms with van der Waals surface area (Å²) in [7, 11) is 0. The van der Waals surface area contributed by atoms with Crippen molar-refractivity contribution in [2.45, 2.75) is 58.0 Å². The number of carbonyl (C=O) groups is 1. The summed E-state index contributed by atoms with van der Waals surface area (Å²) < 4.78 is 11.3. The molecule has 0 bridgehead atoms. The minimum absolute atomic E-state index is 0.0124. The Labute approximate surface area is 151 Å². The minimum Gasteiger partial charge on any atom is -0.491 e. The van der Waals surface area contributed by atoms with Gasteiger partial charge in [-0.3, -0.25) is 4.79 Å². The van der Waals surface area contributed by atoms with Gasteiger partial charge in [0.1, 0.15) is 12.4 Å². The van der Waals surface area contributed by atoms with Crippen molar-refractivity contribution in [3.63, 3.8) is 0 Å². The van der Waals surface area contributed by atoms with Crippen molar-refractivity contribution in [2.75, 3.05) is 31.6 Å². The zero-order valence-electron chi connectivity index (χ0n) is 15.4. The second-order valence-corrected chi connectivity index (χ2v) is 6.61. The van der Waals surface area contributed by atoms with Crippen molar-refractivity contribution in [1.29, 1.82) is 0 Å². The fourth-order valence-corrected chi connectivity index (χ4v) is 2.86. The van der Waals surface area contributed by atoms with Gasteiger partial charge in [0.2, 0.25) is 5.91 Å². The van der Waals surface area contributed by atoms with Crippen molar-refractivity contribution < 1.29 is 14.3 Å². The van der Waals surface area contributed by atoms with Gasteiger partial charge in [0.05, 0.1) is 12.6 Å². The first kappa shape index (κ1) is 19.7. The van der Waals surface area contributed by atoms with E-state index in [1.807, 2.05) is 24.3 Å². The molecule has 1 fully saturated rings. The van der Waals surface area contributed by atoms with Crippen LogP contribution < -0.4 is 15.4 Å². The highest BCUT2D eigenvalue weighted by molar-refractivity contribution is 5.92. The molecular formula is C20H32N2O3. The van der Waals surface area contributed by atoms with Gasteiger partial charge in [-0.25, -0.2) is 0 Å². The zero-order valence-corrected chi connectivity index (χ0v) is 15.4. The van der Waals surface area contributed by atoms with E-state index in [1.54, 1.807) is 0 Å². The molecule has 1 aromatic carbocycles. The lowest BCUT2D eigenvalue weighted by molar-refractivity contribution is -0.115. The maximum absolute atomic E-state index is 11.9. The Morgan fingerprint density at radius 3 is 2.72 bits per heavy atom. The van der Waals surface area contributed by atoms with Crippen LogP contribution in [0.5, 0.6) is 5.75 Å². The van der Waals surface area contributed by atoms with Gasteiger partial charge >= 0.3 is 0 Å². The molecule has 1 unspecified atom stereocenters. The zero-order chi connectivity index (χ0) is 17.7. The average Bonchev–Trinajstić information content (AvgIpc) is 3.14. The summed E-state index contributed by atoms with van der Waals surface area (Å²) in [5, 5.41) is 6.09. The van der Waals surface area contributed by atoms with Crippen LogP contribution in [-0.2, 0) is 9.53 Å².